The third kappa shape index (κ3) is 14.9. The summed E-state index contributed by atoms with van der Waals surface area (Å²) in [5.74, 6) is -4.48. The van der Waals surface area contributed by atoms with Crippen LogP contribution in [0.3, 0.4) is 0 Å². The summed E-state index contributed by atoms with van der Waals surface area (Å²) in [4.78, 5) is 72.9. The SMILES string of the molecule is C=C(C)C(=O)OCCCc1cc(-c2ccc(C3CCC(CCCCC)CC3)cc2F)c(CC)cc1OCC(COC(=O)C(=C)C)(COC(=O)C(C)=O)COC(=O)C(C)=O. The predicted molar refractivity (Wildman–Crippen MR) is 221 cm³/mol. The lowest BCUT2D eigenvalue weighted by Crippen LogP contribution is -2.45. The molecule has 2 aromatic carbocycles. The number of ketones is 2. The third-order valence-corrected chi connectivity index (χ3v) is 10.6. The molecule has 11 nitrogen and oxygen atoms in total. The Morgan fingerprint density at radius 3 is 1.78 bits per heavy atom. The van der Waals surface area contributed by atoms with E-state index in [1.54, 1.807) is 19.1 Å². The molecule has 1 aliphatic rings. The number of carbonyl (C=O) groups excluding carboxylic acids is 6. The molecule has 0 amide bonds. The van der Waals surface area contributed by atoms with Gasteiger partial charge in [-0.3, -0.25) is 9.59 Å². The second-order valence-electron chi connectivity index (χ2n) is 15.9. The summed E-state index contributed by atoms with van der Waals surface area (Å²) in [5.41, 5.74) is 2.14. The van der Waals surface area contributed by atoms with E-state index in [1.165, 1.54) is 32.6 Å². The Morgan fingerprint density at radius 2 is 1.25 bits per heavy atom. The standard InChI is InChI=1S/C47H61FO11/c1-9-11-12-14-34-16-18-36(19-17-34)37-20-21-39(41(48)24-37)40-23-38(15-13-22-55-43(51)30(3)4)42(25-35(40)10-2)56-26-47(27-57-44(52)31(5)6,28-58-45(53)32(7)49)29-59-46(54)33(8)50/h20-21,23-25,34,36H,3,5,9-19,22,26-29H2,1-2,4,6-8H3. The molecule has 0 unspecified atom stereocenters. The van der Waals surface area contributed by atoms with Gasteiger partial charge in [0.2, 0.25) is 11.6 Å². The summed E-state index contributed by atoms with van der Waals surface area (Å²) < 4.78 is 43.9. The van der Waals surface area contributed by atoms with E-state index in [-0.39, 0.29) is 23.6 Å². The molecule has 3 rings (SSSR count). The van der Waals surface area contributed by atoms with Gasteiger partial charge in [-0.1, -0.05) is 64.8 Å². The average molecular weight is 821 g/mol. The molecule has 0 aromatic heterocycles. The van der Waals surface area contributed by atoms with Gasteiger partial charge in [-0.05, 0) is 111 Å². The minimum absolute atomic E-state index is 0.0582. The maximum atomic E-state index is 16.2. The van der Waals surface area contributed by atoms with E-state index in [0.717, 1.165) is 56.6 Å². The van der Waals surface area contributed by atoms with E-state index in [0.29, 0.717) is 47.6 Å². The Hall–Kier alpha value is -5.13. The van der Waals surface area contributed by atoms with E-state index in [9.17, 15) is 28.8 Å². The van der Waals surface area contributed by atoms with E-state index in [1.807, 2.05) is 25.1 Å². The number of Topliss-reactive ketones (excluding diaryl/α,β-unsaturated/α-hetero) is 2. The number of hydrogen-bond acceptors (Lipinski definition) is 11. The number of aryl methyl sites for hydroxylation is 2. The van der Waals surface area contributed by atoms with Crippen molar-refractivity contribution in [3.05, 3.63) is 77.1 Å². The Labute approximate surface area is 348 Å². The molecule has 59 heavy (non-hydrogen) atoms. The summed E-state index contributed by atoms with van der Waals surface area (Å²) in [6, 6.07) is 9.11. The van der Waals surface area contributed by atoms with Crippen molar-refractivity contribution in [2.45, 2.75) is 118 Å². The minimum Gasteiger partial charge on any atom is -0.492 e. The Balaban J connectivity index is 2.03. The van der Waals surface area contributed by atoms with Crippen molar-refractivity contribution in [1.82, 2.24) is 0 Å². The Morgan fingerprint density at radius 1 is 0.678 bits per heavy atom. The summed E-state index contributed by atoms with van der Waals surface area (Å²) in [7, 11) is 0. The highest BCUT2D eigenvalue weighted by molar-refractivity contribution is 6.32. The molecule has 0 radical (unpaired) electrons. The molecule has 1 fully saturated rings. The molecule has 0 bridgehead atoms. The van der Waals surface area contributed by atoms with Gasteiger partial charge in [0.05, 0.1) is 6.61 Å². The molecular formula is C47H61FO11. The van der Waals surface area contributed by atoms with Crippen LogP contribution in [0.2, 0.25) is 0 Å². The fourth-order valence-corrected chi connectivity index (χ4v) is 7.02. The second-order valence-corrected chi connectivity index (χ2v) is 15.9. The van der Waals surface area contributed by atoms with Crippen LogP contribution in [0.5, 0.6) is 5.75 Å². The van der Waals surface area contributed by atoms with Crippen molar-refractivity contribution < 1.29 is 56.8 Å². The van der Waals surface area contributed by atoms with Crippen LogP contribution in [0.25, 0.3) is 11.1 Å². The Kier molecular flexibility index (Phi) is 19.2. The zero-order chi connectivity index (χ0) is 43.7. The first-order valence-electron chi connectivity index (χ1n) is 20.6. The number of ether oxygens (including phenoxy) is 5. The van der Waals surface area contributed by atoms with Gasteiger partial charge in [0.1, 0.15) is 43.4 Å². The molecule has 0 N–H and O–H groups in total. The van der Waals surface area contributed by atoms with Gasteiger partial charge in [0.25, 0.3) is 0 Å². The van der Waals surface area contributed by atoms with E-state index < -0.39 is 67.3 Å². The average Bonchev–Trinajstić information content (AvgIpc) is 3.21. The minimum atomic E-state index is -1.61. The normalized spacial score (nSPS) is 15.1. The summed E-state index contributed by atoms with van der Waals surface area (Å²) in [6.45, 7) is 14.3. The van der Waals surface area contributed by atoms with Crippen molar-refractivity contribution in [1.29, 1.82) is 0 Å². The summed E-state index contributed by atoms with van der Waals surface area (Å²) in [6.07, 6.45) is 10.5. The largest absolute Gasteiger partial charge is 0.492 e. The lowest BCUT2D eigenvalue weighted by Gasteiger charge is -2.32. The van der Waals surface area contributed by atoms with Gasteiger partial charge < -0.3 is 23.7 Å². The number of unbranched alkanes of at least 4 members (excludes halogenated alkanes) is 2. The molecule has 0 saturated heterocycles. The van der Waals surface area contributed by atoms with Crippen LogP contribution in [-0.4, -0.2) is 68.5 Å². The molecule has 0 atom stereocenters. The molecule has 1 aliphatic carbocycles. The Bertz CT molecular complexity index is 1780. The molecule has 2 aromatic rings. The first-order chi connectivity index (χ1) is 28.0. The second kappa shape index (κ2) is 23.5. The number of esters is 4. The predicted octanol–water partition coefficient (Wildman–Crippen LogP) is 8.71. The number of hydrogen-bond donors (Lipinski definition) is 0. The quantitative estimate of drug-likeness (QED) is 0.0329. The van der Waals surface area contributed by atoms with Crippen LogP contribution in [0, 0.1) is 17.2 Å². The lowest BCUT2D eigenvalue weighted by atomic mass is 9.76. The van der Waals surface area contributed by atoms with Crippen LogP contribution in [-0.2, 0) is 60.6 Å². The van der Waals surface area contributed by atoms with Crippen molar-refractivity contribution in [2.75, 3.05) is 33.0 Å². The molecular weight excluding hydrogens is 760 g/mol. The highest BCUT2D eigenvalue weighted by Crippen LogP contribution is 2.40. The topological polar surface area (TPSA) is 149 Å². The third-order valence-electron chi connectivity index (χ3n) is 10.6. The maximum Gasteiger partial charge on any atom is 0.374 e. The first-order valence-corrected chi connectivity index (χ1v) is 20.6. The van der Waals surface area contributed by atoms with Crippen molar-refractivity contribution in [2.24, 2.45) is 11.3 Å². The molecule has 12 heteroatoms. The molecule has 0 spiro atoms. The summed E-state index contributed by atoms with van der Waals surface area (Å²) in [5, 5.41) is 0. The van der Waals surface area contributed by atoms with Gasteiger partial charge in [0.15, 0.2) is 0 Å². The van der Waals surface area contributed by atoms with Crippen LogP contribution in [0.15, 0.2) is 54.6 Å². The van der Waals surface area contributed by atoms with Crippen molar-refractivity contribution >= 4 is 35.4 Å². The van der Waals surface area contributed by atoms with Gasteiger partial charge in [0, 0.05) is 30.6 Å². The van der Waals surface area contributed by atoms with Crippen molar-refractivity contribution in [3.8, 4) is 16.9 Å². The van der Waals surface area contributed by atoms with Crippen LogP contribution in [0.1, 0.15) is 122 Å². The van der Waals surface area contributed by atoms with Gasteiger partial charge in [-0.15, -0.1) is 0 Å². The van der Waals surface area contributed by atoms with Crippen LogP contribution in [0.4, 0.5) is 4.39 Å². The smallest absolute Gasteiger partial charge is 0.374 e. The monoisotopic (exact) mass is 820 g/mol. The molecule has 322 valence electrons. The van der Waals surface area contributed by atoms with E-state index in [4.69, 9.17) is 23.7 Å². The number of halogens is 1. The van der Waals surface area contributed by atoms with E-state index >= 15 is 4.39 Å². The fourth-order valence-electron chi connectivity index (χ4n) is 7.02. The van der Waals surface area contributed by atoms with Crippen LogP contribution < -0.4 is 4.74 Å². The lowest BCUT2D eigenvalue weighted by molar-refractivity contribution is -0.168. The molecule has 0 heterocycles. The first kappa shape index (κ1) is 48.2. The number of rotatable bonds is 24. The molecule has 0 aliphatic heterocycles. The van der Waals surface area contributed by atoms with Gasteiger partial charge >= 0.3 is 23.9 Å². The molecule has 1 saturated carbocycles. The number of carbonyl (C=O) groups is 6. The van der Waals surface area contributed by atoms with Gasteiger partial charge in [-0.2, -0.15) is 0 Å². The zero-order valence-corrected chi connectivity index (χ0v) is 35.6. The summed E-state index contributed by atoms with van der Waals surface area (Å²) >= 11 is 0. The van der Waals surface area contributed by atoms with Gasteiger partial charge in [-0.25, -0.2) is 23.6 Å². The fraction of sp³-hybridized carbons (Fsp3) is 0.532. The number of benzene rings is 2. The zero-order valence-electron chi connectivity index (χ0n) is 35.6. The maximum absolute atomic E-state index is 16.2. The van der Waals surface area contributed by atoms with Crippen LogP contribution >= 0.6 is 0 Å². The highest BCUT2D eigenvalue weighted by Gasteiger charge is 2.38. The van der Waals surface area contributed by atoms with Crippen molar-refractivity contribution in [3.63, 3.8) is 0 Å². The highest BCUT2D eigenvalue weighted by atomic mass is 19.1. The van der Waals surface area contributed by atoms with E-state index in [2.05, 4.69) is 20.1 Å².